The Morgan fingerprint density at radius 1 is 1.21 bits per heavy atom. The number of furan rings is 1. The van der Waals surface area contributed by atoms with Crippen LogP contribution in [0.4, 0.5) is 0 Å². The highest BCUT2D eigenvalue weighted by atomic mass is 16.4. The molecule has 0 fully saturated rings. The summed E-state index contributed by atoms with van der Waals surface area (Å²) < 4.78 is 5.36. The van der Waals surface area contributed by atoms with Crippen LogP contribution in [0.5, 0.6) is 0 Å². The minimum atomic E-state index is -1.03. The van der Waals surface area contributed by atoms with Gasteiger partial charge in [-0.05, 0) is 37.8 Å². The smallest absolute Gasteiger partial charge is 0.339 e. The van der Waals surface area contributed by atoms with Gasteiger partial charge in [0.2, 0.25) is 5.91 Å². The van der Waals surface area contributed by atoms with E-state index in [2.05, 4.69) is 36.5 Å². The number of aromatic carboxylic acids is 1. The van der Waals surface area contributed by atoms with Crippen molar-refractivity contribution in [1.82, 2.24) is 5.32 Å². The van der Waals surface area contributed by atoms with Crippen LogP contribution in [-0.4, -0.2) is 17.0 Å². The topological polar surface area (TPSA) is 79.5 Å². The first kappa shape index (κ1) is 17.8. The zero-order valence-electron chi connectivity index (χ0n) is 14.3. The summed E-state index contributed by atoms with van der Waals surface area (Å²) in [6.45, 7) is 5.89. The summed E-state index contributed by atoms with van der Waals surface area (Å²) in [4.78, 5) is 23.2. The van der Waals surface area contributed by atoms with Gasteiger partial charge in [0.1, 0.15) is 17.1 Å². The maximum Gasteiger partial charge on any atom is 0.339 e. The molecule has 0 radical (unpaired) electrons. The average Bonchev–Trinajstić information content (AvgIpc) is 2.93. The molecular formula is C19H23NO4. The highest BCUT2D eigenvalue weighted by Gasteiger charge is 2.16. The minimum absolute atomic E-state index is 0.0756. The highest BCUT2D eigenvalue weighted by Crippen LogP contribution is 2.23. The van der Waals surface area contributed by atoms with Crippen LogP contribution >= 0.6 is 0 Å². The highest BCUT2D eigenvalue weighted by molar-refractivity contribution is 5.88. The number of carboxylic acid groups (broad SMARTS) is 1. The Bertz CT molecular complexity index is 715. The molecule has 1 heterocycles. The van der Waals surface area contributed by atoms with Crippen molar-refractivity contribution in [3.8, 4) is 0 Å². The Morgan fingerprint density at radius 3 is 2.42 bits per heavy atom. The van der Waals surface area contributed by atoms with Crippen LogP contribution in [0.2, 0.25) is 0 Å². The summed E-state index contributed by atoms with van der Waals surface area (Å²) in [6, 6.07) is 9.68. The first-order valence-electron chi connectivity index (χ1n) is 8.06. The quantitative estimate of drug-likeness (QED) is 0.810. The van der Waals surface area contributed by atoms with Gasteiger partial charge in [-0.1, -0.05) is 36.8 Å². The van der Waals surface area contributed by atoms with E-state index < -0.39 is 5.97 Å². The van der Waals surface area contributed by atoms with Crippen molar-refractivity contribution < 1.29 is 19.1 Å². The molecular weight excluding hydrogens is 306 g/mol. The van der Waals surface area contributed by atoms with Crippen molar-refractivity contribution >= 4 is 11.9 Å². The SMILES string of the molecule is CCC(CC(=O)NCc1cc(C(=O)O)c(C)o1)c1ccc(C)cc1. The molecule has 5 heteroatoms. The Balaban J connectivity index is 1.93. The van der Waals surface area contributed by atoms with E-state index in [0.29, 0.717) is 17.9 Å². The monoisotopic (exact) mass is 329 g/mol. The second kappa shape index (κ2) is 7.81. The normalized spacial score (nSPS) is 12.0. The summed E-state index contributed by atoms with van der Waals surface area (Å²) >= 11 is 0. The number of benzene rings is 1. The van der Waals surface area contributed by atoms with Gasteiger partial charge in [-0.3, -0.25) is 4.79 Å². The first-order valence-corrected chi connectivity index (χ1v) is 8.06. The molecule has 0 saturated heterocycles. The summed E-state index contributed by atoms with van der Waals surface area (Å²) in [7, 11) is 0. The zero-order chi connectivity index (χ0) is 17.7. The molecule has 0 bridgehead atoms. The number of aryl methyl sites for hydroxylation is 2. The lowest BCUT2D eigenvalue weighted by Crippen LogP contribution is -2.24. The summed E-state index contributed by atoms with van der Waals surface area (Å²) in [5.41, 5.74) is 2.48. The molecule has 0 spiro atoms. The Labute approximate surface area is 141 Å². The molecule has 2 N–H and O–H groups in total. The average molecular weight is 329 g/mol. The van der Waals surface area contributed by atoms with Crippen LogP contribution in [0.25, 0.3) is 0 Å². The van der Waals surface area contributed by atoms with E-state index >= 15 is 0 Å². The summed E-state index contributed by atoms with van der Waals surface area (Å²) in [5, 5.41) is 11.8. The van der Waals surface area contributed by atoms with Crippen LogP contribution in [-0.2, 0) is 11.3 Å². The number of hydrogen-bond donors (Lipinski definition) is 2. The second-order valence-corrected chi connectivity index (χ2v) is 5.98. The molecule has 24 heavy (non-hydrogen) atoms. The molecule has 2 rings (SSSR count). The Morgan fingerprint density at radius 2 is 1.88 bits per heavy atom. The van der Waals surface area contributed by atoms with Gasteiger partial charge < -0.3 is 14.8 Å². The number of carbonyl (C=O) groups is 2. The Kier molecular flexibility index (Phi) is 5.79. The maximum absolute atomic E-state index is 12.2. The van der Waals surface area contributed by atoms with Crippen LogP contribution in [0.1, 0.15) is 58.7 Å². The van der Waals surface area contributed by atoms with Crippen molar-refractivity contribution in [3.05, 3.63) is 58.5 Å². The lowest BCUT2D eigenvalue weighted by Gasteiger charge is -2.15. The molecule has 0 aliphatic heterocycles. The minimum Gasteiger partial charge on any atom is -0.478 e. The third-order valence-corrected chi connectivity index (χ3v) is 4.13. The van der Waals surface area contributed by atoms with Gasteiger partial charge in [0.25, 0.3) is 0 Å². The van der Waals surface area contributed by atoms with E-state index in [0.717, 1.165) is 12.0 Å². The summed E-state index contributed by atoms with van der Waals surface area (Å²) in [5.74, 6) is -0.148. The predicted octanol–water partition coefficient (Wildman–Crippen LogP) is 3.79. The van der Waals surface area contributed by atoms with E-state index in [-0.39, 0.29) is 23.9 Å². The van der Waals surface area contributed by atoms with E-state index in [1.165, 1.54) is 11.6 Å². The number of hydrogen-bond acceptors (Lipinski definition) is 3. The molecule has 1 amide bonds. The fourth-order valence-corrected chi connectivity index (χ4v) is 2.66. The number of amides is 1. The largest absolute Gasteiger partial charge is 0.478 e. The molecule has 2 aromatic rings. The van der Waals surface area contributed by atoms with E-state index in [1.807, 2.05) is 6.92 Å². The number of carbonyl (C=O) groups excluding carboxylic acids is 1. The predicted molar refractivity (Wildman–Crippen MR) is 91.1 cm³/mol. The molecule has 5 nitrogen and oxygen atoms in total. The molecule has 1 aromatic heterocycles. The lowest BCUT2D eigenvalue weighted by atomic mass is 9.92. The first-order chi connectivity index (χ1) is 11.4. The second-order valence-electron chi connectivity index (χ2n) is 5.98. The van der Waals surface area contributed by atoms with Crippen LogP contribution in [0.3, 0.4) is 0 Å². The molecule has 0 aliphatic rings. The molecule has 128 valence electrons. The van der Waals surface area contributed by atoms with Gasteiger partial charge in [-0.15, -0.1) is 0 Å². The van der Waals surface area contributed by atoms with Crippen LogP contribution in [0.15, 0.2) is 34.7 Å². The van der Waals surface area contributed by atoms with E-state index in [9.17, 15) is 9.59 Å². The standard InChI is InChI=1S/C19H23NO4/c1-4-14(15-7-5-12(2)6-8-15)9-18(21)20-11-16-10-17(19(22)23)13(3)24-16/h5-8,10,14H,4,9,11H2,1-3H3,(H,20,21)(H,22,23). The number of carboxylic acids is 1. The van der Waals surface area contributed by atoms with Gasteiger partial charge in [-0.2, -0.15) is 0 Å². The number of rotatable bonds is 7. The molecule has 1 atom stereocenters. The third-order valence-electron chi connectivity index (χ3n) is 4.13. The van der Waals surface area contributed by atoms with Gasteiger partial charge in [0.05, 0.1) is 6.54 Å². The van der Waals surface area contributed by atoms with Crippen molar-refractivity contribution in [2.75, 3.05) is 0 Å². The van der Waals surface area contributed by atoms with Crippen molar-refractivity contribution in [2.45, 2.75) is 46.1 Å². The molecule has 1 unspecified atom stereocenters. The zero-order valence-corrected chi connectivity index (χ0v) is 14.3. The fourth-order valence-electron chi connectivity index (χ4n) is 2.66. The van der Waals surface area contributed by atoms with Gasteiger partial charge in [0, 0.05) is 6.42 Å². The maximum atomic E-state index is 12.2. The van der Waals surface area contributed by atoms with Gasteiger partial charge in [-0.25, -0.2) is 4.79 Å². The van der Waals surface area contributed by atoms with Gasteiger partial charge >= 0.3 is 5.97 Å². The Hall–Kier alpha value is -2.56. The summed E-state index contributed by atoms with van der Waals surface area (Å²) in [6.07, 6.45) is 1.27. The van der Waals surface area contributed by atoms with Crippen molar-refractivity contribution in [2.24, 2.45) is 0 Å². The number of nitrogens with one attached hydrogen (secondary N) is 1. The molecule has 0 aliphatic carbocycles. The third kappa shape index (κ3) is 4.47. The molecule has 1 aromatic carbocycles. The van der Waals surface area contributed by atoms with Crippen molar-refractivity contribution in [3.63, 3.8) is 0 Å². The molecule has 0 saturated carbocycles. The van der Waals surface area contributed by atoms with Crippen LogP contribution in [0, 0.1) is 13.8 Å². The van der Waals surface area contributed by atoms with E-state index in [4.69, 9.17) is 9.52 Å². The van der Waals surface area contributed by atoms with Crippen LogP contribution < -0.4 is 5.32 Å². The van der Waals surface area contributed by atoms with Gasteiger partial charge in [0.15, 0.2) is 0 Å². The van der Waals surface area contributed by atoms with E-state index in [1.54, 1.807) is 6.92 Å². The lowest BCUT2D eigenvalue weighted by molar-refractivity contribution is -0.121. The van der Waals surface area contributed by atoms with Crippen molar-refractivity contribution in [1.29, 1.82) is 0 Å². The fraction of sp³-hybridized carbons (Fsp3) is 0.368.